The number of rotatable bonds is 2. The van der Waals surface area contributed by atoms with Gasteiger partial charge in [-0.25, -0.2) is 0 Å². The Morgan fingerprint density at radius 3 is 2.79 bits per heavy atom. The van der Waals surface area contributed by atoms with Crippen molar-refractivity contribution in [3.05, 3.63) is 0 Å². The van der Waals surface area contributed by atoms with E-state index in [9.17, 15) is 0 Å². The van der Waals surface area contributed by atoms with E-state index < -0.39 is 0 Å². The predicted octanol–water partition coefficient (Wildman–Crippen LogP) is 1.99. The van der Waals surface area contributed by atoms with Gasteiger partial charge >= 0.3 is 0 Å². The van der Waals surface area contributed by atoms with Crippen LogP contribution in [0.1, 0.15) is 45.4 Å². The summed E-state index contributed by atoms with van der Waals surface area (Å²) in [6, 6.07) is 1.32. The first-order valence-electron chi connectivity index (χ1n) is 6.29. The molecule has 0 amide bonds. The zero-order valence-corrected chi connectivity index (χ0v) is 9.41. The zero-order valence-electron chi connectivity index (χ0n) is 9.41. The molecule has 3 unspecified atom stereocenters. The molecule has 1 heterocycles. The zero-order chi connectivity index (χ0) is 9.97. The van der Waals surface area contributed by atoms with E-state index in [-0.39, 0.29) is 0 Å². The molecular weight excluding hydrogens is 172 g/mol. The topological polar surface area (TPSA) is 29.3 Å². The van der Waals surface area contributed by atoms with Crippen molar-refractivity contribution in [3.8, 4) is 0 Å². The number of hydrogen-bond acceptors (Lipinski definition) is 2. The van der Waals surface area contributed by atoms with Crippen LogP contribution >= 0.6 is 0 Å². The largest absolute Gasteiger partial charge is 0.327 e. The molecule has 1 saturated heterocycles. The third-order valence-corrected chi connectivity index (χ3v) is 4.10. The molecule has 0 bridgehead atoms. The predicted molar refractivity (Wildman–Crippen MR) is 60.2 cm³/mol. The SMILES string of the molecule is CCC1CCC(N2CCCC(N)C2)C1. The van der Waals surface area contributed by atoms with Gasteiger partial charge in [-0.15, -0.1) is 0 Å². The van der Waals surface area contributed by atoms with Crippen LogP contribution in [0.3, 0.4) is 0 Å². The molecule has 2 fully saturated rings. The summed E-state index contributed by atoms with van der Waals surface area (Å²) in [6.07, 6.45) is 8.23. The Hall–Kier alpha value is -0.0800. The van der Waals surface area contributed by atoms with Gasteiger partial charge in [-0.1, -0.05) is 13.3 Å². The Bertz CT molecular complexity index is 181. The Labute approximate surface area is 87.8 Å². The molecule has 0 aromatic rings. The first-order chi connectivity index (χ1) is 6.79. The van der Waals surface area contributed by atoms with E-state index in [0.29, 0.717) is 6.04 Å². The number of piperidine rings is 1. The van der Waals surface area contributed by atoms with Crippen molar-refractivity contribution < 1.29 is 0 Å². The molecule has 0 spiro atoms. The molecule has 2 rings (SSSR count). The quantitative estimate of drug-likeness (QED) is 0.732. The van der Waals surface area contributed by atoms with E-state index in [4.69, 9.17) is 5.73 Å². The fourth-order valence-electron chi connectivity index (χ4n) is 3.12. The van der Waals surface area contributed by atoms with E-state index in [1.165, 1.54) is 45.1 Å². The summed E-state index contributed by atoms with van der Waals surface area (Å²) in [5.41, 5.74) is 6.02. The number of likely N-dealkylation sites (tertiary alicyclic amines) is 1. The van der Waals surface area contributed by atoms with Gasteiger partial charge < -0.3 is 5.73 Å². The van der Waals surface area contributed by atoms with Crippen LogP contribution in [0.15, 0.2) is 0 Å². The van der Waals surface area contributed by atoms with E-state index in [0.717, 1.165) is 18.5 Å². The smallest absolute Gasteiger partial charge is 0.0168 e. The molecule has 2 N–H and O–H groups in total. The van der Waals surface area contributed by atoms with E-state index in [1.807, 2.05) is 0 Å². The first-order valence-corrected chi connectivity index (χ1v) is 6.29. The van der Waals surface area contributed by atoms with Crippen LogP contribution < -0.4 is 5.73 Å². The normalized spacial score (nSPS) is 40.3. The summed E-state index contributed by atoms with van der Waals surface area (Å²) in [5, 5.41) is 0. The summed E-state index contributed by atoms with van der Waals surface area (Å²) in [4.78, 5) is 2.66. The molecule has 2 heteroatoms. The second-order valence-corrected chi connectivity index (χ2v) is 5.14. The molecule has 2 nitrogen and oxygen atoms in total. The molecule has 0 aromatic heterocycles. The lowest BCUT2D eigenvalue weighted by atomic mass is 10.0. The summed E-state index contributed by atoms with van der Waals surface area (Å²) in [6.45, 7) is 4.78. The Morgan fingerprint density at radius 2 is 2.14 bits per heavy atom. The van der Waals surface area contributed by atoms with Crippen molar-refractivity contribution in [2.75, 3.05) is 13.1 Å². The lowest BCUT2D eigenvalue weighted by Gasteiger charge is -2.35. The number of hydrogen-bond donors (Lipinski definition) is 1. The van der Waals surface area contributed by atoms with Crippen LogP contribution in [0.5, 0.6) is 0 Å². The number of nitrogens with zero attached hydrogens (tertiary/aromatic N) is 1. The van der Waals surface area contributed by atoms with E-state index in [2.05, 4.69) is 11.8 Å². The lowest BCUT2D eigenvalue weighted by molar-refractivity contribution is 0.148. The standard InChI is InChI=1S/C12H24N2/c1-2-10-5-6-12(8-10)14-7-3-4-11(13)9-14/h10-12H,2-9,13H2,1H3. The Balaban J connectivity index is 1.83. The third kappa shape index (κ3) is 2.29. The second-order valence-electron chi connectivity index (χ2n) is 5.14. The van der Waals surface area contributed by atoms with Crippen LogP contribution in [-0.2, 0) is 0 Å². The maximum atomic E-state index is 6.02. The van der Waals surface area contributed by atoms with Crippen molar-refractivity contribution >= 4 is 0 Å². The third-order valence-electron chi connectivity index (χ3n) is 4.10. The summed E-state index contributed by atoms with van der Waals surface area (Å²) in [7, 11) is 0. The van der Waals surface area contributed by atoms with E-state index in [1.54, 1.807) is 0 Å². The molecule has 0 aromatic carbocycles. The summed E-state index contributed by atoms with van der Waals surface area (Å²) in [5.74, 6) is 0.998. The van der Waals surface area contributed by atoms with Gasteiger partial charge in [0.15, 0.2) is 0 Å². The van der Waals surface area contributed by atoms with Gasteiger partial charge in [0.1, 0.15) is 0 Å². The van der Waals surface area contributed by atoms with Crippen molar-refractivity contribution in [2.24, 2.45) is 11.7 Å². The van der Waals surface area contributed by atoms with Crippen molar-refractivity contribution in [1.82, 2.24) is 4.90 Å². The maximum Gasteiger partial charge on any atom is 0.0168 e. The highest BCUT2D eigenvalue weighted by atomic mass is 15.2. The molecule has 1 saturated carbocycles. The average molecular weight is 196 g/mol. The van der Waals surface area contributed by atoms with Gasteiger partial charge in [-0.3, -0.25) is 4.90 Å². The van der Waals surface area contributed by atoms with Crippen LogP contribution in [0, 0.1) is 5.92 Å². The van der Waals surface area contributed by atoms with Crippen LogP contribution in [0.4, 0.5) is 0 Å². The van der Waals surface area contributed by atoms with Gasteiger partial charge in [0, 0.05) is 18.6 Å². The summed E-state index contributed by atoms with van der Waals surface area (Å²) < 4.78 is 0. The summed E-state index contributed by atoms with van der Waals surface area (Å²) >= 11 is 0. The molecular formula is C12H24N2. The first kappa shape index (κ1) is 10.4. The molecule has 14 heavy (non-hydrogen) atoms. The van der Waals surface area contributed by atoms with Crippen molar-refractivity contribution in [3.63, 3.8) is 0 Å². The molecule has 82 valence electrons. The molecule has 0 radical (unpaired) electrons. The van der Waals surface area contributed by atoms with Crippen LogP contribution in [0.25, 0.3) is 0 Å². The van der Waals surface area contributed by atoms with Gasteiger partial charge in [0.25, 0.3) is 0 Å². The maximum absolute atomic E-state index is 6.02. The minimum atomic E-state index is 0.449. The Morgan fingerprint density at radius 1 is 1.29 bits per heavy atom. The molecule has 1 aliphatic carbocycles. The second kappa shape index (κ2) is 4.63. The fourth-order valence-corrected chi connectivity index (χ4v) is 3.12. The van der Waals surface area contributed by atoms with Gasteiger partial charge in [0.05, 0.1) is 0 Å². The number of nitrogens with two attached hydrogens (primary N) is 1. The minimum absolute atomic E-state index is 0.449. The van der Waals surface area contributed by atoms with Crippen molar-refractivity contribution in [1.29, 1.82) is 0 Å². The van der Waals surface area contributed by atoms with E-state index >= 15 is 0 Å². The average Bonchev–Trinajstić information content (AvgIpc) is 2.66. The van der Waals surface area contributed by atoms with Crippen molar-refractivity contribution in [2.45, 2.75) is 57.5 Å². The minimum Gasteiger partial charge on any atom is -0.327 e. The molecule has 1 aliphatic heterocycles. The fraction of sp³-hybridized carbons (Fsp3) is 1.00. The van der Waals surface area contributed by atoms with Gasteiger partial charge in [-0.2, -0.15) is 0 Å². The van der Waals surface area contributed by atoms with Crippen LogP contribution in [0.2, 0.25) is 0 Å². The van der Waals surface area contributed by atoms with Gasteiger partial charge in [0.2, 0.25) is 0 Å². The van der Waals surface area contributed by atoms with Crippen LogP contribution in [-0.4, -0.2) is 30.1 Å². The lowest BCUT2D eigenvalue weighted by Crippen LogP contribution is -2.46. The molecule has 3 atom stereocenters. The highest BCUT2D eigenvalue weighted by Gasteiger charge is 2.30. The highest BCUT2D eigenvalue weighted by molar-refractivity contribution is 4.86. The Kier molecular flexibility index (Phi) is 3.45. The monoisotopic (exact) mass is 196 g/mol. The molecule has 2 aliphatic rings. The van der Waals surface area contributed by atoms with Gasteiger partial charge in [-0.05, 0) is 44.6 Å². The highest BCUT2D eigenvalue weighted by Crippen LogP contribution is 2.32.